The molecule has 0 bridgehead atoms. The Balaban J connectivity index is 3.05. The molecule has 3 nitrogen and oxygen atoms in total. The van der Waals surface area contributed by atoms with E-state index in [9.17, 15) is 5.11 Å². The van der Waals surface area contributed by atoms with Gasteiger partial charge in [-0.2, -0.15) is 0 Å². The second-order valence-corrected chi connectivity index (χ2v) is 18.9. The Kier molecular flexibility index (Phi) is 56.8. The summed E-state index contributed by atoms with van der Waals surface area (Å²) in [5, 5.41) is 10.4. The Morgan fingerprint density at radius 3 is 0.483 bits per heavy atom. The Morgan fingerprint density at radius 2 is 0.328 bits per heavy atom. The molecule has 0 saturated heterocycles. The van der Waals surface area contributed by atoms with Crippen molar-refractivity contribution in [1.82, 2.24) is 0 Å². The van der Waals surface area contributed by atoms with E-state index in [4.69, 9.17) is 9.47 Å². The van der Waals surface area contributed by atoms with Crippen molar-refractivity contribution in [3.8, 4) is 0 Å². The quantitative estimate of drug-likeness (QED) is 0.0573. The molecule has 0 heterocycles. The van der Waals surface area contributed by atoms with Gasteiger partial charge in [0.25, 0.3) is 0 Å². The van der Waals surface area contributed by atoms with Gasteiger partial charge in [-0.15, -0.1) is 0 Å². The van der Waals surface area contributed by atoms with Crippen molar-refractivity contribution in [2.75, 3.05) is 33.0 Å². The van der Waals surface area contributed by atoms with Crippen LogP contribution in [0.1, 0.15) is 322 Å². The molecular weight excluding hydrogens is 709 g/mol. The minimum absolute atomic E-state index is 0.121. The Bertz CT molecular complexity index is 611. The molecule has 0 saturated carbocycles. The fraction of sp³-hybridized carbons (Fsp3) is 1.00. The molecule has 0 aliphatic rings. The van der Waals surface area contributed by atoms with Gasteiger partial charge in [0.05, 0.1) is 6.61 Å². The van der Waals surface area contributed by atoms with Crippen LogP contribution in [0.15, 0.2) is 0 Å². The van der Waals surface area contributed by atoms with Gasteiger partial charge in [0.2, 0.25) is 0 Å². The number of hydrogen-bond donors (Lipinski definition) is 0. The van der Waals surface area contributed by atoms with Crippen LogP contribution < -0.4 is 0 Å². The van der Waals surface area contributed by atoms with E-state index in [1.165, 1.54) is 302 Å². The van der Waals surface area contributed by atoms with Crippen LogP contribution in [0, 0.1) is 0 Å². The van der Waals surface area contributed by atoms with Gasteiger partial charge in [0.1, 0.15) is 0 Å². The van der Waals surface area contributed by atoms with Crippen LogP contribution in [0.5, 0.6) is 0 Å². The maximum atomic E-state index is 10.4. The van der Waals surface area contributed by atoms with Gasteiger partial charge in [-0.05, 0) is 32.1 Å². The van der Waals surface area contributed by atoms with Gasteiger partial charge in [0.15, 0.2) is 0 Å². The molecule has 0 amide bonds. The average Bonchev–Trinajstić information content (AvgIpc) is 3.23. The van der Waals surface area contributed by atoms with Gasteiger partial charge in [-0.3, -0.25) is 0 Å². The summed E-state index contributed by atoms with van der Waals surface area (Å²) in [5.41, 5.74) is 0. The molecule has 3 heteroatoms. The Morgan fingerprint density at radius 1 is 0.190 bits per heavy atom. The first-order chi connectivity index (χ1) is 28.9. The van der Waals surface area contributed by atoms with Crippen molar-refractivity contribution in [3.63, 3.8) is 0 Å². The summed E-state index contributed by atoms with van der Waals surface area (Å²) in [6, 6.07) is 0. The second kappa shape index (κ2) is 56.9. The van der Waals surface area contributed by atoms with Crippen LogP contribution >= 0.6 is 0 Å². The lowest BCUT2D eigenvalue weighted by atomic mass is 10.0. The lowest BCUT2D eigenvalue weighted by molar-refractivity contribution is 0.125. The predicted molar refractivity (Wildman–Crippen MR) is 259 cm³/mol. The van der Waals surface area contributed by atoms with Crippen LogP contribution in [-0.2, 0) is 14.6 Å². The van der Waals surface area contributed by atoms with Crippen molar-refractivity contribution < 1.29 is 14.6 Å². The fourth-order valence-corrected chi connectivity index (χ4v) is 8.80. The van der Waals surface area contributed by atoms with Crippen molar-refractivity contribution in [2.24, 2.45) is 0 Å². The number of ether oxygens (including phenoxy) is 2. The zero-order chi connectivity index (χ0) is 41.6. The van der Waals surface area contributed by atoms with Crippen LogP contribution in [0.25, 0.3) is 0 Å². The molecule has 0 aromatic heterocycles. The first-order valence-electron chi connectivity index (χ1n) is 27.7. The highest BCUT2D eigenvalue weighted by Gasteiger charge is 1.99. The molecule has 0 rings (SSSR count). The van der Waals surface area contributed by atoms with Crippen molar-refractivity contribution >= 4 is 0 Å². The highest BCUT2D eigenvalue weighted by Crippen LogP contribution is 2.17. The standard InChI is InChI=1S/C55H111O3/c1-2-3-4-5-6-32-37-42-47-52-57-53-48-43-38-34-29-25-21-17-13-14-18-22-26-30-35-40-45-50-55-58-54-49-44-39-33-28-24-20-16-12-10-8-7-9-11-15-19-23-27-31-36-41-46-51-56/h2-55H2,1H3. The summed E-state index contributed by atoms with van der Waals surface area (Å²) in [5.74, 6) is 0. The topological polar surface area (TPSA) is 38.4 Å². The molecular formula is C55H111O3. The molecule has 0 aromatic rings. The normalized spacial score (nSPS) is 11.7. The maximum absolute atomic E-state index is 10.4. The number of rotatable bonds is 55. The minimum atomic E-state index is 0.121. The van der Waals surface area contributed by atoms with E-state index < -0.39 is 0 Å². The third-order valence-electron chi connectivity index (χ3n) is 12.9. The molecule has 58 heavy (non-hydrogen) atoms. The molecule has 0 fully saturated rings. The predicted octanol–water partition coefficient (Wildman–Crippen LogP) is 19.6. The third-order valence-corrected chi connectivity index (χ3v) is 12.9. The molecule has 0 atom stereocenters. The highest BCUT2D eigenvalue weighted by atomic mass is 16.5. The van der Waals surface area contributed by atoms with E-state index in [0.717, 1.165) is 39.3 Å². The van der Waals surface area contributed by atoms with Crippen molar-refractivity contribution in [2.45, 2.75) is 322 Å². The first-order valence-corrected chi connectivity index (χ1v) is 27.7. The summed E-state index contributed by atoms with van der Waals surface area (Å²) in [4.78, 5) is 0. The molecule has 0 aromatic carbocycles. The summed E-state index contributed by atoms with van der Waals surface area (Å²) < 4.78 is 11.8. The summed E-state index contributed by atoms with van der Waals surface area (Å²) in [6.07, 6.45) is 68.4. The maximum Gasteiger partial charge on any atom is 0.0822 e. The van der Waals surface area contributed by atoms with Crippen LogP contribution in [0.4, 0.5) is 0 Å². The molecule has 0 spiro atoms. The van der Waals surface area contributed by atoms with Crippen LogP contribution in [-0.4, -0.2) is 33.0 Å². The van der Waals surface area contributed by atoms with E-state index in [1.54, 1.807) is 0 Å². The lowest BCUT2D eigenvalue weighted by Gasteiger charge is -2.06. The largest absolute Gasteiger partial charge is 0.381 e. The van der Waals surface area contributed by atoms with Crippen LogP contribution in [0.2, 0.25) is 0 Å². The van der Waals surface area contributed by atoms with E-state index in [2.05, 4.69) is 6.92 Å². The minimum Gasteiger partial charge on any atom is -0.381 e. The monoisotopic (exact) mass is 820 g/mol. The molecule has 1 radical (unpaired) electrons. The van der Waals surface area contributed by atoms with E-state index in [0.29, 0.717) is 0 Å². The van der Waals surface area contributed by atoms with E-state index >= 15 is 0 Å². The van der Waals surface area contributed by atoms with Gasteiger partial charge >= 0.3 is 0 Å². The molecule has 0 unspecified atom stereocenters. The zero-order valence-corrected chi connectivity index (χ0v) is 40.4. The van der Waals surface area contributed by atoms with E-state index in [1.807, 2.05) is 0 Å². The smallest absolute Gasteiger partial charge is 0.0822 e. The summed E-state index contributed by atoms with van der Waals surface area (Å²) >= 11 is 0. The van der Waals surface area contributed by atoms with Gasteiger partial charge in [0, 0.05) is 26.4 Å². The van der Waals surface area contributed by atoms with Crippen molar-refractivity contribution in [3.05, 3.63) is 0 Å². The molecule has 349 valence electrons. The lowest BCUT2D eigenvalue weighted by Crippen LogP contribution is -1.97. The number of unbranched alkanes of at least 4 members (excludes halogenated alkanes) is 46. The average molecular weight is 820 g/mol. The molecule has 0 aliphatic heterocycles. The second-order valence-electron chi connectivity index (χ2n) is 18.9. The van der Waals surface area contributed by atoms with E-state index in [-0.39, 0.29) is 6.61 Å². The summed E-state index contributed by atoms with van der Waals surface area (Å²) in [6.45, 7) is 6.37. The zero-order valence-electron chi connectivity index (χ0n) is 40.4. The fourth-order valence-electron chi connectivity index (χ4n) is 8.80. The highest BCUT2D eigenvalue weighted by molar-refractivity contribution is 4.54. The molecule has 0 N–H and O–H groups in total. The van der Waals surface area contributed by atoms with Gasteiger partial charge < -0.3 is 9.47 Å². The Labute approximate surface area is 367 Å². The van der Waals surface area contributed by atoms with Gasteiger partial charge in [-0.25, -0.2) is 5.11 Å². The Hall–Kier alpha value is -0.120. The van der Waals surface area contributed by atoms with Crippen molar-refractivity contribution in [1.29, 1.82) is 0 Å². The molecule has 0 aliphatic carbocycles. The number of hydrogen-bond acceptors (Lipinski definition) is 2. The summed E-state index contributed by atoms with van der Waals surface area (Å²) in [7, 11) is 0. The van der Waals surface area contributed by atoms with Crippen LogP contribution in [0.3, 0.4) is 0 Å². The SMILES string of the molecule is CCCCCCCCCCCOCCCCCCCCCCCCCCCCCCCCOCCCCCCCCCCCCCCCCCCCCCCCC[O]. The van der Waals surface area contributed by atoms with Gasteiger partial charge in [-0.1, -0.05) is 289 Å². The third kappa shape index (κ3) is 55.9. The first kappa shape index (κ1) is 57.9.